The lowest BCUT2D eigenvalue weighted by Gasteiger charge is -2.58. The lowest BCUT2D eigenvalue weighted by atomic mass is 9.51. The first-order valence-corrected chi connectivity index (χ1v) is 10.5. The van der Waals surface area contributed by atoms with Gasteiger partial charge in [0.25, 0.3) is 0 Å². The third-order valence-electron chi connectivity index (χ3n) is 7.48. The van der Waals surface area contributed by atoms with Crippen LogP contribution in [0, 0.1) is 23.7 Å². The summed E-state index contributed by atoms with van der Waals surface area (Å²) in [5, 5.41) is 55.4. The summed E-state index contributed by atoms with van der Waals surface area (Å²) in [5.41, 5.74) is -0.175. The molecule has 0 saturated heterocycles. The van der Waals surface area contributed by atoms with Gasteiger partial charge in [0, 0.05) is 11.8 Å². The van der Waals surface area contributed by atoms with Crippen molar-refractivity contribution in [2.75, 3.05) is 14.1 Å². The number of phenolic OH excluding ortho intramolecular Hbond substituents is 1. The minimum atomic E-state index is -2.89. The Bertz CT molecular complexity index is 1060. The van der Waals surface area contributed by atoms with E-state index in [4.69, 9.17) is 0 Å². The van der Waals surface area contributed by atoms with E-state index in [1.807, 2.05) is 0 Å². The molecule has 0 aromatic heterocycles. The Morgan fingerprint density at radius 1 is 1.03 bits per heavy atom. The van der Waals surface area contributed by atoms with Gasteiger partial charge in [0.2, 0.25) is 0 Å². The normalized spacial score (nSPS) is 35.9. The molecule has 4 rings (SSSR count). The van der Waals surface area contributed by atoms with Gasteiger partial charge in [-0.1, -0.05) is 19.1 Å². The molecule has 0 amide bonds. The summed E-state index contributed by atoms with van der Waals surface area (Å²) in [7, 11) is 3.11. The topological polar surface area (TPSA) is 156 Å². The predicted octanol–water partition coefficient (Wildman–Crippen LogP) is 0.126. The zero-order chi connectivity index (χ0) is 23.9. The van der Waals surface area contributed by atoms with Crippen LogP contribution in [0.15, 0.2) is 29.5 Å². The van der Waals surface area contributed by atoms with Crippen LogP contribution in [-0.2, 0) is 9.59 Å². The molecule has 0 radical (unpaired) electrons. The fourth-order valence-corrected chi connectivity index (χ4v) is 6.22. The number of rotatable bonds is 2. The molecule has 9 heteroatoms. The highest BCUT2D eigenvalue weighted by Gasteiger charge is 2.68. The molecule has 5 N–H and O–H groups in total. The largest absolute Gasteiger partial charge is 0.511 e. The molecule has 1 unspecified atom stereocenters. The lowest BCUT2D eigenvalue weighted by Crippen LogP contribution is -2.70. The maximum absolute atomic E-state index is 13.4. The molecule has 172 valence electrons. The van der Waals surface area contributed by atoms with Crippen molar-refractivity contribution >= 4 is 17.3 Å². The third kappa shape index (κ3) is 2.75. The van der Waals surface area contributed by atoms with Crippen molar-refractivity contribution in [2.24, 2.45) is 23.7 Å². The van der Waals surface area contributed by atoms with E-state index >= 15 is 0 Å². The van der Waals surface area contributed by atoms with E-state index in [1.165, 1.54) is 11.0 Å². The second-order valence-electron chi connectivity index (χ2n) is 9.37. The zero-order valence-electron chi connectivity index (χ0n) is 18.2. The fourth-order valence-electron chi connectivity index (χ4n) is 6.22. The van der Waals surface area contributed by atoms with Crippen molar-refractivity contribution in [3.8, 4) is 5.75 Å². The van der Waals surface area contributed by atoms with Gasteiger partial charge in [0.1, 0.15) is 11.5 Å². The highest BCUT2D eigenvalue weighted by molar-refractivity contribution is 6.22. The van der Waals surface area contributed by atoms with Gasteiger partial charge in [-0.05, 0) is 38.6 Å². The number of aliphatic hydroxyl groups is 4. The first-order chi connectivity index (χ1) is 14.8. The Morgan fingerprint density at radius 2 is 1.66 bits per heavy atom. The number of aromatic hydroxyl groups is 1. The molecule has 0 bridgehead atoms. The van der Waals surface area contributed by atoms with E-state index in [1.54, 1.807) is 33.2 Å². The highest BCUT2D eigenvalue weighted by atomic mass is 16.5. The Hall–Kier alpha value is -2.59. The number of benzene rings is 1. The Labute approximate surface area is 184 Å². The second-order valence-corrected chi connectivity index (χ2v) is 9.37. The van der Waals surface area contributed by atoms with E-state index in [9.17, 15) is 39.9 Å². The number of ketones is 3. The molecule has 9 nitrogen and oxygen atoms in total. The monoisotopic (exact) mass is 445 g/mol. The Balaban J connectivity index is 1.99. The quantitative estimate of drug-likeness (QED) is 0.315. The van der Waals surface area contributed by atoms with E-state index in [0.717, 1.165) is 6.92 Å². The summed E-state index contributed by atoms with van der Waals surface area (Å²) in [6.07, 6.45) is -1.39. The number of fused-ring (bicyclic) bond motifs is 3. The summed E-state index contributed by atoms with van der Waals surface area (Å²) >= 11 is 0. The van der Waals surface area contributed by atoms with Gasteiger partial charge in [-0.3, -0.25) is 19.3 Å². The van der Waals surface area contributed by atoms with Gasteiger partial charge in [-0.2, -0.15) is 0 Å². The Morgan fingerprint density at radius 3 is 2.22 bits per heavy atom. The number of hydrogen-bond acceptors (Lipinski definition) is 9. The minimum Gasteiger partial charge on any atom is -0.511 e. The van der Waals surface area contributed by atoms with Crippen LogP contribution >= 0.6 is 0 Å². The van der Waals surface area contributed by atoms with E-state index in [0.29, 0.717) is 5.56 Å². The van der Waals surface area contributed by atoms with Crippen LogP contribution in [0.25, 0.3) is 0 Å². The molecule has 1 aromatic rings. The smallest absolute Gasteiger partial charge is 0.187 e. The van der Waals surface area contributed by atoms with E-state index in [-0.39, 0.29) is 11.3 Å². The number of phenols is 1. The van der Waals surface area contributed by atoms with Crippen molar-refractivity contribution in [3.63, 3.8) is 0 Å². The average Bonchev–Trinajstić information content (AvgIpc) is 2.67. The van der Waals surface area contributed by atoms with E-state index in [2.05, 4.69) is 0 Å². The molecule has 0 aliphatic heterocycles. The summed E-state index contributed by atoms with van der Waals surface area (Å²) in [5.74, 6) is -12.3. The summed E-state index contributed by atoms with van der Waals surface area (Å²) in [6.45, 7) is 2.78. The van der Waals surface area contributed by atoms with Crippen LogP contribution in [0.1, 0.15) is 35.7 Å². The molecule has 0 spiro atoms. The zero-order valence-corrected chi connectivity index (χ0v) is 18.2. The maximum atomic E-state index is 13.4. The van der Waals surface area contributed by atoms with Crippen LogP contribution in [0.3, 0.4) is 0 Å². The van der Waals surface area contributed by atoms with Crippen molar-refractivity contribution in [2.45, 2.75) is 37.7 Å². The summed E-state index contributed by atoms with van der Waals surface area (Å²) < 4.78 is 0. The third-order valence-corrected chi connectivity index (χ3v) is 7.48. The van der Waals surface area contributed by atoms with E-state index < -0.39 is 76.2 Å². The number of carbonyl (C=O) groups is 3. The molecule has 3 aliphatic carbocycles. The molecular weight excluding hydrogens is 418 g/mol. The van der Waals surface area contributed by atoms with Gasteiger partial charge in [0.05, 0.1) is 35.1 Å². The lowest BCUT2D eigenvalue weighted by molar-refractivity contribution is -0.287. The molecule has 0 heterocycles. The number of hydrogen-bond donors (Lipinski definition) is 5. The molecule has 1 fully saturated rings. The van der Waals surface area contributed by atoms with Crippen LogP contribution < -0.4 is 0 Å². The summed E-state index contributed by atoms with van der Waals surface area (Å²) in [4.78, 5) is 40.2. The SMILES string of the molecule is CC(=O)C1=C(O)[C@H]2[C@@H]([C@@H](O)[C@H]3C(C(=O)c4c(O)cccc4[C@@H]3C)C2(O)O)[C@H](N(C)C)C1=O. The molecule has 1 aromatic carbocycles. The van der Waals surface area contributed by atoms with Crippen LogP contribution in [0.4, 0.5) is 0 Å². The van der Waals surface area contributed by atoms with Crippen molar-refractivity contribution in [1.82, 2.24) is 4.90 Å². The second kappa shape index (κ2) is 7.21. The number of Topliss-reactive ketones (excluding diaryl/α,β-unsaturated/α-hetero) is 3. The predicted molar refractivity (Wildman–Crippen MR) is 111 cm³/mol. The highest BCUT2D eigenvalue weighted by Crippen LogP contribution is 2.58. The van der Waals surface area contributed by atoms with Gasteiger partial charge < -0.3 is 25.5 Å². The van der Waals surface area contributed by atoms with Crippen molar-refractivity contribution in [1.29, 1.82) is 0 Å². The standard InChI is InChI=1S/C23H27NO8/c1-8-10-6-5-7-11(26)14(10)21(29)16-12(8)19(27)15-17(23(16,31)32)20(28)13(9(2)25)22(30)18(15)24(3)4/h5-8,12,15-19,26-28,31-32H,1-4H3/t8-,12+,15+,16?,17+,18-,19-/m0/s1. The van der Waals surface area contributed by atoms with Crippen LogP contribution in [0.5, 0.6) is 5.75 Å². The fraction of sp³-hybridized carbons (Fsp3) is 0.522. The van der Waals surface area contributed by atoms with Crippen LogP contribution in [-0.4, -0.2) is 79.8 Å². The molecule has 3 aliphatic rings. The van der Waals surface area contributed by atoms with Crippen molar-refractivity contribution in [3.05, 3.63) is 40.7 Å². The molecule has 1 saturated carbocycles. The Kier molecular flexibility index (Phi) is 5.09. The van der Waals surface area contributed by atoms with Gasteiger partial charge in [0.15, 0.2) is 23.1 Å². The maximum Gasteiger partial charge on any atom is 0.187 e. The molecule has 32 heavy (non-hydrogen) atoms. The summed E-state index contributed by atoms with van der Waals surface area (Å²) in [6, 6.07) is 3.37. The van der Waals surface area contributed by atoms with Crippen LogP contribution in [0.2, 0.25) is 0 Å². The minimum absolute atomic E-state index is 0.0642. The molecule has 7 atom stereocenters. The van der Waals surface area contributed by atoms with Crippen molar-refractivity contribution < 1.29 is 39.9 Å². The van der Waals surface area contributed by atoms with Gasteiger partial charge in [-0.25, -0.2) is 0 Å². The molecular formula is C23H27NO8. The number of nitrogens with zero attached hydrogens (tertiary/aromatic N) is 1. The number of likely N-dealkylation sites (N-methyl/N-ethyl adjacent to an activating group) is 1. The number of aliphatic hydroxyl groups excluding tert-OH is 2. The first-order valence-electron chi connectivity index (χ1n) is 10.5. The average molecular weight is 445 g/mol. The van der Waals surface area contributed by atoms with Gasteiger partial charge >= 0.3 is 0 Å². The van der Waals surface area contributed by atoms with Gasteiger partial charge in [-0.15, -0.1) is 0 Å². The first kappa shape index (κ1) is 22.6. The number of carbonyl (C=O) groups excluding carboxylic acids is 3.